The summed E-state index contributed by atoms with van der Waals surface area (Å²) >= 11 is 0. The van der Waals surface area contributed by atoms with Gasteiger partial charge in [-0.2, -0.15) is 18.3 Å². The van der Waals surface area contributed by atoms with Gasteiger partial charge < -0.3 is 5.73 Å². The monoisotopic (exact) mass is 248 g/mol. The first-order chi connectivity index (χ1) is 7.82. The highest BCUT2D eigenvalue weighted by atomic mass is 19.4. The van der Waals surface area contributed by atoms with Crippen LogP contribution in [0.2, 0.25) is 0 Å². The second-order valence-electron chi connectivity index (χ2n) is 2.99. The van der Waals surface area contributed by atoms with Crippen molar-refractivity contribution in [2.75, 3.05) is 0 Å². The summed E-state index contributed by atoms with van der Waals surface area (Å²) in [6.45, 7) is 0. The van der Waals surface area contributed by atoms with Gasteiger partial charge in [-0.1, -0.05) is 12.1 Å². The van der Waals surface area contributed by atoms with E-state index >= 15 is 0 Å². The first-order valence-corrected chi connectivity index (χ1v) is 4.31. The van der Waals surface area contributed by atoms with E-state index in [2.05, 4.69) is 5.10 Å². The zero-order valence-electron chi connectivity index (χ0n) is 8.35. The third-order valence-electron chi connectivity index (χ3n) is 1.72. The lowest BCUT2D eigenvalue weighted by molar-refractivity contribution is -0.140. The van der Waals surface area contributed by atoms with Gasteiger partial charge in [0.2, 0.25) is 5.96 Å². The summed E-state index contributed by atoms with van der Waals surface area (Å²) in [4.78, 5) is 0. The first-order valence-electron chi connectivity index (χ1n) is 4.31. The van der Waals surface area contributed by atoms with Gasteiger partial charge in [0.25, 0.3) is 0 Å². The molecule has 1 rings (SSSR count). The molecule has 17 heavy (non-hydrogen) atoms. The van der Waals surface area contributed by atoms with Crippen LogP contribution < -0.4 is 11.2 Å². The Morgan fingerprint density at radius 1 is 1.41 bits per heavy atom. The van der Waals surface area contributed by atoms with E-state index in [0.717, 1.165) is 18.3 Å². The van der Waals surface area contributed by atoms with Crippen LogP contribution in [0, 0.1) is 11.2 Å². The van der Waals surface area contributed by atoms with Crippen LogP contribution in [-0.2, 0) is 6.18 Å². The number of hydrazone groups is 1. The Hall–Kier alpha value is -2.12. The molecule has 0 amide bonds. The Morgan fingerprint density at radius 2 is 2.06 bits per heavy atom. The van der Waals surface area contributed by atoms with Crippen LogP contribution in [0.3, 0.4) is 0 Å². The van der Waals surface area contributed by atoms with E-state index in [1.54, 1.807) is 0 Å². The lowest BCUT2D eigenvalue weighted by Gasteiger charge is -2.08. The number of guanidine groups is 1. The molecule has 0 atom stereocenters. The van der Waals surface area contributed by atoms with Crippen LogP contribution in [0.25, 0.3) is 0 Å². The van der Waals surface area contributed by atoms with Gasteiger partial charge in [-0.05, 0) is 6.07 Å². The molecule has 0 saturated carbocycles. The van der Waals surface area contributed by atoms with Crippen LogP contribution in [0.1, 0.15) is 11.1 Å². The molecule has 4 nitrogen and oxygen atoms in total. The Balaban J connectivity index is 3.03. The smallest absolute Gasteiger partial charge is 0.369 e. The van der Waals surface area contributed by atoms with Crippen LogP contribution in [0.4, 0.5) is 17.6 Å². The van der Waals surface area contributed by atoms with Gasteiger partial charge in [0, 0.05) is 5.56 Å². The van der Waals surface area contributed by atoms with Crippen molar-refractivity contribution in [1.29, 1.82) is 5.41 Å². The molecule has 0 heterocycles. The second kappa shape index (κ2) is 4.81. The quantitative estimate of drug-likeness (QED) is 0.322. The largest absolute Gasteiger partial charge is 0.419 e. The van der Waals surface area contributed by atoms with Crippen molar-refractivity contribution in [3.05, 3.63) is 35.1 Å². The molecular formula is C9H8F4N4. The third kappa shape index (κ3) is 3.44. The molecule has 0 bridgehead atoms. The minimum atomic E-state index is -4.76. The molecule has 0 aliphatic heterocycles. The molecule has 0 spiro atoms. The zero-order chi connectivity index (χ0) is 13.1. The molecule has 1 aromatic carbocycles. The fourth-order valence-corrected chi connectivity index (χ4v) is 1.04. The second-order valence-corrected chi connectivity index (χ2v) is 2.99. The Kier molecular flexibility index (Phi) is 3.66. The van der Waals surface area contributed by atoms with E-state index in [0.29, 0.717) is 6.07 Å². The average Bonchev–Trinajstić information content (AvgIpc) is 2.18. The first kappa shape index (κ1) is 12.9. The Bertz CT molecular complexity index is 453. The highest BCUT2D eigenvalue weighted by molar-refractivity contribution is 5.82. The van der Waals surface area contributed by atoms with Gasteiger partial charge in [0.05, 0.1) is 11.8 Å². The molecule has 92 valence electrons. The maximum Gasteiger partial charge on any atom is 0.419 e. The summed E-state index contributed by atoms with van der Waals surface area (Å²) in [6, 6.07) is 2.81. The zero-order valence-corrected chi connectivity index (χ0v) is 8.35. The molecule has 0 radical (unpaired) electrons. The van der Waals surface area contributed by atoms with E-state index in [-0.39, 0.29) is 5.56 Å². The summed E-state index contributed by atoms with van der Waals surface area (Å²) in [5.74, 6) is -1.93. The lowest BCUT2D eigenvalue weighted by Crippen LogP contribution is -2.25. The number of nitrogens with zero attached hydrogens (tertiary/aromatic N) is 1. The molecule has 0 saturated heterocycles. The number of hydrogen-bond donors (Lipinski definition) is 3. The van der Waals surface area contributed by atoms with E-state index < -0.39 is 23.5 Å². The SMILES string of the molecule is N=C(N)NN=Cc1cccc(C(F)(F)F)c1F. The predicted molar refractivity (Wildman–Crippen MR) is 54.0 cm³/mol. The van der Waals surface area contributed by atoms with Crippen molar-refractivity contribution >= 4 is 12.2 Å². The van der Waals surface area contributed by atoms with Crippen LogP contribution in [-0.4, -0.2) is 12.2 Å². The van der Waals surface area contributed by atoms with Gasteiger partial charge in [0.15, 0.2) is 0 Å². The van der Waals surface area contributed by atoms with Crippen molar-refractivity contribution in [2.45, 2.75) is 6.18 Å². The van der Waals surface area contributed by atoms with Crippen molar-refractivity contribution < 1.29 is 17.6 Å². The number of nitrogens with one attached hydrogen (secondary N) is 2. The Labute approximate surface area is 93.6 Å². The molecule has 0 unspecified atom stereocenters. The number of halogens is 4. The van der Waals surface area contributed by atoms with Gasteiger partial charge in [-0.3, -0.25) is 5.41 Å². The number of benzene rings is 1. The normalized spacial score (nSPS) is 11.8. The van der Waals surface area contributed by atoms with Gasteiger partial charge in [0.1, 0.15) is 5.82 Å². The molecule has 0 aliphatic carbocycles. The van der Waals surface area contributed by atoms with Gasteiger partial charge >= 0.3 is 6.18 Å². The van der Waals surface area contributed by atoms with E-state index in [1.807, 2.05) is 5.43 Å². The van der Waals surface area contributed by atoms with Crippen LogP contribution >= 0.6 is 0 Å². The minimum absolute atomic E-state index is 0.353. The van der Waals surface area contributed by atoms with E-state index in [9.17, 15) is 17.6 Å². The average molecular weight is 248 g/mol. The summed E-state index contributed by atoms with van der Waals surface area (Å²) in [5.41, 5.74) is 5.12. The van der Waals surface area contributed by atoms with Crippen molar-refractivity contribution in [3.8, 4) is 0 Å². The lowest BCUT2D eigenvalue weighted by atomic mass is 10.1. The molecule has 0 fully saturated rings. The molecular weight excluding hydrogens is 240 g/mol. The van der Waals surface area contributed by atoms with E-state index in [1.165, 1.54) is 0 Å². The maximum atomic E-state index is 13.4. The molecule has 8 heteroatoms. The van der Waals surface area contributed by atoms with Crippen molar-refractivity contribution in [2.24, 2.45) is 10.8 Å². The minimum Gasteiger partial charge on any atom is -0.369 e. The Morgan fingerprint density at radius 3 is 2.59 bits per heavy atom. The number of rotatable bonds is 2. The van der Waals surface area contributed by atoms with Crippen LogP contribution in [0.5, 0.6) is 0 Å². The standard InChI is InChI=1S/C9H8F4N4/c10-7-5(4-16-17-8(14)15)2-1-3-6(7)9(11,12)13/h1-4H,(H4,14,15,17). The summed E-state index contributed by atoms with van der Waals surface area (Å²) in [5, 5.41) is 10.0. The van der Waals surface area contributed by atoms with Gasteiger partial charge in [-0.25, -0.2) is 9.82 Å². The van der Waals surface area contributed by atoms with Crippen LogP contribution in [0.15, 0.2) is 23.3 Å². The predicted octanol–water partition coefficient (Wildman–Crippen LogP) is 1.66. The summed E-state index contributed by atoms with van der Waals surface area (Å²) < 4.78 is 50.3. The fraction of sp³-hybridized carbons (Fsp3) is 0.111. The number of hydrogen-bond acceptors (Lipinski definition) is 2. The summed E-state index contributed by atoms with van der Waals surface area (Å²) in [6.07, 6.45) is -3.95. The molecule has 0 aromatic heterocycles. The number of alkyl halides is 3. The highest BCUT2D eigenvalue weighted by Crippen LogP contribution is 2.31. The highest BCUT2D eigenvalue weighted by Gasteiger charge is 2.34. The molecule has 1 aromatic rings. The van der Waals surface area contributed by atoms with Gasteiger partial charge in [-0.15, -0.1) is 0 Å². The number of nitrogens with two attached hydrogens (primary N) is 1. The van der Waals surface area contributed by atoms with Crippen molar-refractivity contribution in [1.82, 2.24) is 5.43 Å². The molecule has 4 N–H and O–H groups in total. The van der Waals surface area contributed by atoms with Crippen molar-refractivity contribution in [3.63, 3.8) is 0 Å². The maximum absolute atomic E-state index is 13.4. The topological polar surface area (TPSA) is 74.3 Å². The summed E-state index contributed by atoms with van der Waals surface area (Å²) in [7, 11) is 0. The molecule has 0 aliphatic rings. The third-order valence-corrected chi connectivity index (χ3v) is 1.72. The van der Waals surface area contributed by atoms with E-state index in [4.69, 9.17) is 11.1 Å². The fourth-order valence-electron chi connectivity index (χ4n) is 1.04.